The summed E-state index contributed by atoms with van der Waals surface area (Å²) in [6.07, 6.45) is 1.94. The first-order chi connectivity index (χ1) is 5.97. The van der Waals surface area contributed by atoms with Gasteiger partial charge in [0.25, 0.3) is 0 Å². The maximum absolute atomic E-state index is 11.3. The van der Waals surface area contributed by atoms with Gasteiger partial charge in [-0.25, -0.2) is 4.98 Å². The van der Waals surface area contributed by atoms with Crippen molar-refractivity contribution < 1.29 is 4.79 Å². The Labute approximate surface area is 81.2 Å². The van der Waals surface area contributed by atoms with Crippen LogP contribution in [0.3, 0.4) is 0 Å². The van der Waals surface area contributed by atoms with Gasteiger partial charge in [0.15, 0.2) is 5.13 Å². The molecule has 3 N–H and O–H groups in total. The third-order valence-electron chi connectivity index (χ3n) is 1.29. The molecule has 5 heteroatoms. The van der Waals surface area contributed by atoms with Gasteiger partial charge in [-0.05, 0) is 13.8 Å². The molecule has 13 heavy (non-hydrogen) atoms. The van der Waals surface area contributed by atoms with Crippen LogP contribution in [0.15, 0.2) is 11.6 Å². The van der Waals surface area contributed by atoms with Gasteiger partial charge in [-0.1, -0.05) is 0 Å². The van der Waals surface area contributed by atoms with Crippen LogP contribution in [0.2, 0.25) is 0 Å². The lowest BCUT2D eigenvalue weighted by atomic mass is 10.0. The van der Waals surface area contributed by atoms with Gasteiger partial charge in [-0.3, -0.25) is 4.79 Å². The van der Waals surface area contributed by atoms with Gasteiger partial charge in [-0.2, -0.15) is 0 Å². The molecule has 0 aromatic carbocycles. The summed E-state index contributed by atoms with van der Waals surface area (Å²) in [5.41, 5.74) is 5.22. The fraction of sp³-hybridized carbons (Fsp3) is 0.500. The minimum absolute atomic E-state index is 0.0950. The summed E-state index contributed by atoms with van der Waals surface area (Å²) in [5, 5.41) is 5.10. The van der Waals surface area contributed by atoms with E-state index in [9.17, 15) is 4.79 Å². The molecule has 1 amide bonds. The number of nitrogens with one attached hydrogen (secondary N) is 1. The zero-order chi connectivity index (χ0) is 9.90. The van der Waals surface area contributed by atoms with Crippen LogP contribution in [0.25, 0.3) is 0 Å². The van der Waals surface area contributed by atoms with Crippen molar-refractivity contribution in [3.05, 3.63) is 11.6 Å². The molecule has 1 aromatic rings. The topological polar surface area (TPSA) is 68.0 Å². The molecule has 0 saturated carbocycles. The Morgan fingerprint density at radius 2 is 2.46 bits per heavy atom. The number of amides is 1. The van der Waals surface area contributed by atoms with E-state index in [1.54, 1.807) is 6.20 Å². The summed E-state index contributed by atoms with van der Waals surface area (Å²) >= 11 is 1.39. The molecule has 0 saturated heterocycles. The number of nitrogens with two attached hydrogens (primary N) is 1. The van der Waals surface area contributed by atoms with E-state index < -0.39 is 5.54 Å². The number of nitrogens with zero attached hydrogens (tertiary/aromatic N) is 1. The molecule has 0 aliphatic heterocycles. The van der Waals surface area contributed by atoms with Crippen LogP contribution in [0, 0.1) is 0 Å². The molecule has 0 radical (unpaired) electrons. The normalized spacial score (nSPS) is 11.3. The predicted molar refractivity (Wildman–Crippen MR) is 53.6 cm³/mol. The molecular formula is C8H13N3OS. The highest BCUT2D eigenvalue weighted by Crippen LogP contribution is 2.12. The van der Waals surface area contributed by atoms with Crippen molar-refractivity contribution in [1.82, 2.24) is 4.98 Å². The van der Waals surface area contributed by atoms with Crippen molar-refractivity contribution in [2.75, 3.05) is 5.32 Å². The zero-order valence-corrected chi connectivity index (χ0v) is 8.52. The Morgan fingerprint density at radius 1 is 1.77 bits per heavy atom. The van der Waals surface area contributed by atoms with Crippen LogP contribution < -0.4 is 11.1 Å². The third kappa shape index (κ3) is 4.00. The van der Waals surface area contributed by atoms with E-state index in [4.69, 9.17) is 5.73 Å². The van der Waals surface area contributed by atoms with E-state index in [0.29, 0.717) is 11.6 Å². The number of hydrogen-bond acceptors (Lipinski definition) is 4. The Kier molecular flexibility index (Phi) is 3.00. The summed E-state index contributed by atoms with van der Waals surface area (Å²) < 4.78 is 0. The maximum Gasteiger partial charge on any atom is 0.227 e. The number of rotatable bonds is 3. The van der Waals surface area contributed by atoms with Gasteiger partial charge >= 0.3 is 0 Å². The minimum atomic E-state index is -0.471. The summed E-state index contributed by atoms with van der Waals surface area (Å²) in [5.74, 6) is -0.0950. The van der Waals surface area contributed by atoms with Gasteiger partial charge in [0.2, 0.25) is 5.91 Å². The molecule has 1 heterocycles. The van der Waals surface area contributed by atoms with Crippen LogP contribution in [0.1, 0.15) is 20.3 Å². The number of thiazole rings is 1. The van der Waals surface area contributed by atoms with Crippen LogP contribution in [0.5, 0.6) is 0 Å². The largest absolute Gasteiger partial charge is 0.325 e. The maximum atomic E-state index is 11.3. The second-order valence-electron chi connectivity index (χ2n) is 3.55. The SMILES string of the molecule is CC(C)(N)CC(=O)Nc1nccs1. The molecule has 4 nitrogen and oxygen atoms in total. The molecule has 1 aromatic heterocycles. The summed E-state index contributed by atoms with van der Waals surface area (Å²) in [4.78, 5) is 15.2. The third-order valence-corrected chi connectivity index (χ3v) is 1.98. The second-order valence-corrected chi connectivity index (χ2v) is 4.45. The summed E-state index contributed by atoms with van der Waals surface area (Å²) in [6, 6.07) is 0. The van der Waals surface area contributed by atoms with Crippen LogP contribution in [-0.2, 0) is 4.79 Å². The predicted octanol–water partition coefficient (Wildman–Crippen LogP) is 1.21. The summed E-state index contributed by atoms with van der Waals surface area (Å²) in [6.45, 7) is 3.63. The van der Waals surface area contributed by atoms with Crippen LogP contribution in [0.4, 0.5) is 5.13 Å². The van der Waals surface area contributed by atoms with Crippen LogP contribution >= 0.6 is 11.3 Å². The van der Waals surface area contributed by atoms with E-state index in [2.05, 4.69) is 10.3 Å². The van der Waals surface area contributed by atoms with Crippen molar-refractivity contribution in [2.45, 2.75) is 25.8 Å². The molecule has 72 valence electrons. The number of carbonyl (C=O) groups excluding carboxylic acids is 1. The van der Waals surface area contributed by atoms with Crippen molar-refractivity contribution >= 4 is 22.4 Å². The van der Waals surface area contributed by atoms with Crippen molar-refractivity contribution in [2.24, 2.45) is 5.73 Å². The minimum Gasteiger partial charge on any atom is -0.325 e. The number of aromatic nitrogens is 1. The van der Waals surface area contributed by atoms with Crippen molar-refractivity contribution in [3.63, 3.8) is 0 Å². The highest BCUT2D eigenvalue weighted by molar-refractivity contribution is 7.13. The monoisotopic (exact) mass is 199 g/mol. The zero-order valence-electron chi connectivity index (χ0n) is 7.70. The fourth-order valence-corrected chi connectivity index (χ4v) is 1.41. The molecular weight excluding hydrogens is 186 g/mol. The average Bonchev–Trinajstić information content (AvgIpc) is 2.34. The first kappa shape index (κ1) is 10.1. The quantitative estimate of drug-likeness (QED) is 0.768. The smallest absolute Gasteiger partial charge is 0.227 e. The number of carbonyl (C=O) groups is 1. The lowest BCUT2D eigenvalue weighted by Crippen LogP contribution is -2.36. The number of anilines is 1. The van der Waals surface area contributed by atoms with Gasteiger partial charge in [0.05, 0.1) is 0 Å². The molecule has 0 bridgehead atoms. The highest BCUT2D eigenvalue weighted by Gasteiger charge is 2.16. The van der Waals surface area contributed by atoms with Crippen molar-refractivity contribution in [3.8, 4) is 0 Å². The Bertz CT molecular complexity index is 276. The molecule has 0 fully saturated rings. The van der Waals surface area contributed by atoms with Crippen molar-refractivity contribution in [1.29, 1.82) is 0 Å². The summed E-state index contributed by atoms with van der Waals surface area (Å²) in [7, 11) is 0. The fourth-order valence-electron chi connectivity index (χ4n) is 0.862. The Balaban J connectivity index is 2.43. The second kappa shape index (κ2) is 3.85. The molecule has 0 aliphatic rings. The van der Waals surface area contributed by atoms with Gasteiger partial charge < -0.3 is 11.1 Å². The standard InChI is InChI=1S/C8H13N3OS/c1-8(2,9)5-6(12)11-7-10-3-4-13-7/h3-4H,5,9H2,1-2H3,(H,10,11,12). The molecule has 0 spiro atoms. The lowest BCUT2D eigenvalue weighted by molar-refractivity contribution is -0.117. The molecule has 0 unspecified atom stereocenters. The first-order valence-corrected chi connectivity index (χ1v) is 4.83. The van der Waals surface area contributed by atoms with E-state index in [0.717, 1.165) is 0 Å². The Hall–Kier alpha value is -0.940. The molecule has 1 rings (SSSR count). The van der Waals surface area contributed by atoms with E-state index >= 15 is 0 Å². The Morgan fingerprint density at radius 3 is 2.92 bits per heavy atom. The lowest BCUT2D eigenvalue weighted by Gasteiger charge is -2.16. The highest BCUT2D eigenvalue weighted by atomic mass is 32.1. The van der Waals surface area contributed by atoms with E-state index in [-0.39, 0.29) is 5.91 Å². The number of hydrogen-bond donors (Lipinski definition) is 2. The van der Waals surface area contributed by atoms with Gasteiger partial charge in [-0.15, -0.1) is 11.3 Å². The van der Waals surface area contributed by atoms with E-state index in [1.807, 2.05) is 19.2 Å². The van der Waals surface area contributed by atoms with Crippen LogP contribution in [-0.4, -0.2) is 16.4 Å². The van der Waals surface area contributed by atoms with Gasteiger partial charge in [0, 0.05) is 23.5 Å². The first-order valence-electron chi connectivity index (χ1n) is 3.95. The molecule has 0 atom stereocenters. The average molecular weight is 199 g/mol. The van der Waals surface area contributed by atoms with Gasteiger partial charge in [0.1, 0.15) is 0 Å². The molecule has 0 aliphatic carbocycles. The van der Waals surface area contributed by atoms with E-state index in [1.165, 1.54) is 11.3 Å².